The molecule has 5 atom stereocenters. The van der Waals surface area contributed by atoms with E-state index in [1.165, 1.54) is 83.6 Å². The Balaban J connectivity index is 1.50. The molecule has 0 amide bonds. The Bertz CT molecular complexity index is 762. The molecule has 0 spiro atoms. The van der Waals surface area contributed by atoms with Crippen LogP contribution in [0.5, 0.6) is 0 Å². The molecule has 0 aromatic rings. The summed E-state index contributed by atoms with van der Waals surface area (Å²) in [5.74, 6) is -1.74. The molecule has 1 unspecified atom stereocenters. The van der Waals surface area contributed by atoms with Crippen molar-refractivity contribution >= 4 is 11.9 Å². The van der Waals surface area contributed by atoms with E-state index in [1.54, 1.807) is 6.08 Å². The van der Waals surface area contributed by atoms with Gasteiger partial charge in [0.25, 0.3) is 0 Å². The van der Waals surface area contributed by atoms with Crippen LogP contribution in [0.25, 0.3) is 0 Å². The van der Waals surface area contributed by atoms with Crippen LogP contribution in [0.1, 0.15) is 135 Å². The normalized spacial score (nSPS) is 24.3. The summed E-state index contributed by atoms with van der Waals surface area (Å²) < 4.78 is 24.0. The SMILES string of the molecule is CC(=O)O[C@@H]1CC[C@]2(CCCCCCCCCCCCCCCOCC(N)CO)O[C@H]1[C@@H](CCCC/C=C/C(=O)O)O2. The molecule has 2 aliphatic heterocycles. The van der Waals surface area contributed by atoms with Crippen molar-refractivity contribution in [1.29, 1.82) is 0 Å². The molecule has 2 bridgehead atoms. The van der Waals surface area contributed by atoms with Crippen molar-refractivity contribution in [1.82, 2.24) is 0 Å². The smallest absolute Gasteiger partial charge is 0.327 e. The average molecular weight is 598 g/mol. The minimum atomic E-state index is -0.915. The number of rotatable bonds is 26. The zero-order chi connectivity index (χ0) is 30.5. The van der Waals surface area contributed by atoms with E-state index >= 15 is 0 Å². The van der Waals surface area contributed by atoms with Crippen molar-refractivity contribution in [2.75, 3.05) is 19.8 Å². The maximum Gasteiger partial charge on any atom is 0.327 e. The summed E-state index contributed by atoms with van der Waals surface area (Å²) in [4.78, 5) is 22.3. The molecule has 2 heterocycles. The zero-order valence-corrected chi connectivity index (χ0v) is 26.1. The Kier molecular flexibility index (Phi) is 19.3. The maximum absolute atomic E-state index is 11.6. The van der Waals surface area contributed by atoms with Crippen molar-refractivity contribution < 1.29 is 38.7 Å². The molecule has 0 aromatic heterocycles. The number of aliphatic hydroxyl groups is 1. The largest absolute Gasteiger partial charge is 0.478 e. The number of unbranched alkanes of at least 4 members (excludes halogenated alkanes) is 14. The monoisotopic (exact) mass is 597 g/mol. The summed E-state index contributed by atoms with van der Waals surface area (Å²) in [7, 11) is 0. The van der Waals surface area contributed by atoms with Crippen LogP contribution >= 0.6 is 0 Å². The van der Waals surface area contributed by atoms with Crippen LogP contribution in [-0.4, -0.2) is 72.1 Å². The summed E-state index contributed by atoms with van der Waals surface area (Å²) >= 11 is 0. The highest BCUT2D eigenvalue weighted by atomic mass is 16.8. The van der Waals surface area contributed by atoms with Gasteiger partial charge in [0, 0.05) is 32.4 Å². The second-order valence-electron chi connectivity index (χ2n) is 12.2. The molecule has 2 aliphatic rings. The highest BCUT2D eigenvalue weighted by Crippen LogP contribution is 2.45. The molecule has 2 saturated heterocycles. The number of aliphatic carboxylic acids is 1. The Morgan fingerprint density at radius 3 is 2.14 bits per heavy atom. The van der Waals surface area contributed by atoms with Gasteiger partial charge in [-0.1, -0.05) is 83.1 Å². The fourth-order valence-electron chi connectivity index (χ4n) is 6.08. The number of nitrogens with two attached hydrogens (primary N) is 1. The molecule has 9 heteroatoms. The third kappa shape index (κ3) is 15.8. The van der Waals surface area contributed by atoms with Crippen LogP contribution in [0.15, 0.2) is 12.2 Å². The molecule has 2 fully saturated rings. The average Bonchev–Trinajstić information content (AvgIpc) is 3.25. The second kappa shape index (κ2) is 22.1. The van der Waals surface area contributed by atoms with Crippen LogP contribution in [0.4, 0.5) is 0 Å². The van der Waals surface area contributed by atoms with Crippen molar-refractivity contribution in [3.05, 3.63) is 12.2 Å². The van der Waals surface area contributed by atoms with Crippen LogP contribution < -0.4 is 5.73 Å². The maximum atomic E-state index is 11.6. The number of ether oxygens (including phenoxy) is 4. The van der Waals surface area contributed by atoms with Gasteiger partial charge in [-0.05, 0) is 38.5 Å². The highest BCUT2D eigenvalue weighted by molar-refractivity contribution is 5.79. The first kappa shape index (κ1) is 36.7. The molecule has 42 heavy (non-hydrogen) atoms. The van der Waals surface area contributed by atoms with Gasteiger partial charge in [-0.3, -0.25) is 4.79 Å². The number of carboxylic acids is 1. The van der Waals surface area contributed by atoms with Gasteiger partial charge >= 0.3 is 11.9 Å². The molecule has 0 aromatic carbocycles. The Morgan fingerprint density at radius 1 is 0.929 bits per heavy atom. The van der Waals surface area contributed by atoms with E-state index in [0.29, 0.717) is 6.61 Å². The number of aliphatic hydroxyl groups excluding tert-OH is 1. The van der Waals surface area contributed by atoms with E-state index in [0.717, 1.165) is 64.4 Å². The Morgan fingerprint density at radius 2 is 1.55 bits per heavy atom. The van der Waals surface area contributed by atoms with Gasteiger partial charge in [0.1, 0.15) is 12.2 Å². The number of hydrogen-bond acceptors (Lipinski definition) is 8. The summed E-state index contributed by atoms with van der Waals surface area (Å²) in [6, 6.07) is -0.256. The van der Waals surface area contributed by atoms with Crippen molar-refractivity contribution in [2.45, 2.75) is 165 Å². The molecule has 9 nitrogen and oxygen atoms in total. The topological polar surface area (TPSA) is 138 Å². The summed E-state index contributed by atoms with van der Waals surface area (Å²) in [5, 5.41) is 17.6. The summed E-state index contributed by atoms with van der Waals surface area (Å²) in [6.07, 6.45) is 24.3. The first-order valence-corrected chi connectivity index (χ1v) is 16.7. The van der Waals surface area contributed by atoms with Crippen LogP contribution in [0, 0.1) is 0 Å². The van der Waals surface area contributed by atoms with Gasteiger partial charge < -0.3 is 34.9 Å². The van der Waals surface area contributed by atoms with Gasteiger partial charge in [-0.25, -0.2) is 4.79 Å². The number of allylic oxidation sites excluding steroid dienone is 1. The predicted octanol–water partition coefficient (Wildman–Crippen LogP) is 6.19. The van der Waals surface area contributed by atoms with E-state index in [9.17, 15) is 9.59 Å². The van der Waals surface area contributed by atoms with Gasteiger partial charge in [0.15, 0.2) is 5.79 Å². The number of carbonyl (C=O) groups excluding carboxylic acids is 1. The van der Waals surface area contributed by atoms with Gasteiger partial charge in [-0.15, -0.1) is 0 Å². The lowest BCUT2D eigenvalue weighted by molar-refractivity contribution is -0.220. The second-order valence-corrected chi connectivity index (χ2v) is 12.2. The number of hydrogen-bond donors (Lipinski definition) is 3. The van der Waals surface area contributed by atoms with Crippen LogP contribution in [0.2, 0.25) is 0 Å². The predicted molar refractivity (Wildman–Crippen MR) is 163 cm³/mol. The summed E-state index contributed by atoms with van der Waals surface area (Å²) in [6.45, 7) is 2.61. The van der Waals surface area contributed by atoms with Gasteiger partial charge in [0.2, 0.25) is 0 Å². The number of fused-ring (bicyclic) bond motifs is 2. The Labute approximate surface area is 253 Å². The fraction of sp³-hybridized carbons (Fsp3) is 0.879. The third-order valence-electron chi connectivity index (χ3n) is 8.36. The first-order chi connectivity index (χ1) is 20.3. The Hall–Kier alpha value is -1.52. The number of carbonyl (C=O) groups is 2. The number of carboxylic acid groups (broad SMARTS) is 1. The molecule has 2 rings (SSSR count). The lowest BCUT2D eigenvalue weighted by Crippen LogP contribution is -2.43. The molecule has 0 radical (unpaired) electrons. The fourth-order valence-corrected chi connectivity index (χ4v) is 6.08. The van der Waals surface area contributed by atoms with Crippen molar-refractivity contribution in [3.63, 3.8) is 0 Å². The summed E-state index contributed by atoms with van der Waals surface area (Å²) in [5.41, 5.74) is 5.61. The van der Waals surface area contributed by atoms with Crippen molar-refractivity contribution in [2.24, 2.45) is 5.73 Å². The van der Waals surface area contributed by atoms with E-state index in [-0.39, 0.29) is 36.9 Å². The van der Waals surface area contributed by atoms with E-state index in [2.05, 4.69) is 0 Å². The molecule has 244 valence electrons. The molecule has 4 N–H and O–H groups in total. The van der Waals surface area contributed by atoms with Gasteiger partial charge in [-0.2, -0.15) is 0 Å². The quantitative estimate of drug-likeness (QED) is 0.0605. The minimum absolute atomic E-state index is 0.0188. The lowest BCUT2D eigenvalue weighted by atomic mass is 9.94. The van der Waals surface area contributed by atoms with Crippen LogP contribution in [0.3, 0.4) is 0 Å². The molecule has 0 saturated carbocycles. The van der Waals surface area contributed by atoms with Crippen molar-refractivity contribution in [3.8, 4) is 0 Å². The lowest BCUT2D eigenvalue weighted by Gasteiger charge is -2.35. The highest BCUT2D eigenvalue weighted by Gasteiger charge is 2.54. The zero-order valence-electron chi connectivity index (χ0n) is 26.1. The third-order valence-corrected chi connectivity index (χ3v) is 8.36. The molecular formula is C33H59NO8. The van der Waals surface area contributed by atoms with Crippen LogP contribution in [-0.2, 0) is 28.5 Å². The number of esters is 1. The van der Waals surface area contributed by atoms with E-state index < -0.39 is 11.8 Å². The standard InChI is InChI=1S/C33H59NO8/c1-27(36)40-29-21-23-33(41-30(32(29)42-33)19-15-11-12-16-20-31(37)38)22-17-13-9-7-5-3-2-4-6-8-10-14-18-24-39-26-28(34)25-35/h16,20,28-30,32,35H,2-15,17-19,21-26,34H2,1H3,(H,37,38)/b20-16+/t28?,29-,30-,32-,33+/m1/s1. The molecule has 0 aliphatic carbocycles. The van der Waals surface area contributed by atoms with E-state index in [1.807, 2.05) is 0 Å². The minimum Gasteiger partial charge on any atom is -0.478 e. The van der Waals surface area contributed by atoms with E-state index in [4.69, 9.17) is 34.9 Å². The first-order valence-electron chi connectivity index (χ1n) is 16.7. The van der Waals surface area contributed by atoms with Gasteiger partial charge in [0.05, 0.1) is 25.4 Å². The molecular weight excluding hydrogens is 538 g/mol.